The zero-order valence-corrected chi connectivity index (χ0v) is 9.73. The highest BCUT2D eigenvalue weighted by atomic mass is 79.9. The van der Waals surface area contributed by atoms with Crippen LogP contribution >= 0.6 is 15.9 Å². The lowest BCUT2D eigenvalue weighted by molar-refractivity contribution is 0.182. The van der Waals surface area contributed by atoms with Crippen molar-refractivity contribution >= 4 is 15.9 Å². The number of alkyl halides is 3. The maximum absolute atomic E-state index is 12.2. The molecule has 0 amide bonds. The van der Waals surface area contributed by atoms with Crippen LogP contribution in [0.5, 0.6) is 0 Å². The van der Waals surface area contributed by atoms with Crippen molar-refractivity contribution in [3.8, 4) is 11.8 Å². The van der Waals surface area contributed by atoms with Crippen LogP contribution in [0.2, 0.25) is 0 Å². The van der Waals surface area contributed by atoms with E-state index in [2.05, 4.69) is 21.9 Å². The third kappa shape index (κ3) is 6.24. The van der Waals surface area contributed by atoms with Crippen LogP contribution in [-0.2, 0) is 6.42 Å². The molecular weight excluding hydrogens is 262 g/mol. The Morgan fingerprint density at radius 3 is 2.47 bits per heavy atom. The van der Waals surface area contributed by atoms with Crippen molar-refractivity contribution in [3.63, 3.8) is 0 Å². The van der Waals surface area contributed by atoms with Crippen molar-refractivity contribution < 1.29 is 8.78 Å². The Kier molecular flexibility index (Phi) is 4.77. The Hall–Kier alpha value is -0.880. The molecule has 80 valence electrons. The van der Waals surface area contributed by atoms with E-state index in [1.54, 1.807) is 0 Å². The zero-order valence-electron chi connectivity index (χ0n) is 8.14. The maximum Gasteiger partial charge on any atom is 0.363 e. The molecule has 15 heavy (non-hydrogen) atoms. The molecule has 0 bridgehead atoms. The van der Waals surface area contributed by atoms with Crippen LogP contribution in [0.1, 0.15) is 18.4 Å². The number of halogens is 3. The van der Waals surface area contributed by atoms with Gasteiger partial charge in [-0.1, -0.05) is 36.3 Å². The molecule has 0 aromatic heterocycles. The molecule has 0 saturated heterocycles. The summed E-state index contributed by atoms with van der Waals surface area (Å²) >= 11 is 2.17. The lowest BCUT2D eigenvalue weighted by Crippen LogP contribution is -1.98. The van der Waals surface area contributed by atoms with Gasteiger partial charge < -0.3 is 0 Å². The smallest absolute Gasteiger partial charge is 0.180 e. The molecule has 0 nitrogen and oxygen atoms in total. The average Bonchev–Trinajstić information content (AvgIpc) is 2.17. The van der Waals surface area contributed by atoms with Crippen molar-refractivity contribution in [2.45, 2.75) is 24.1 Å². The quantitative estimate of drug-likeness (QED) is 0.443. The molecule has 0 aliphatic rings. The van der Waals surface area contributed by atoms with E-state index in [9.17, 15) is 8.78 Å². The van der Waals surface area contributed by atoms with E-state index < -0.39 is 4.83 Å². The highest BCUT2D eigenvalue weighted by Crippen LogP contribution is 2.19. The Bertz CT molecular complexity index is 343. The van der Waals surface area contributed by atoms with Gasteiger partial charge in [-0.3, -0.25) is 0 Å². The molecule has 0 radical (unpaired) electrons. The number of benzene rings is 1. The minimum absolute atomic E-state index is 0.496. The fourth-order valence-corrected chi connectivity index (χ4v) is 1.33. The molecule has 0 atom stereocenters. The normalized spacial score (nSPS) is 10.6. The van der Waals surface area contributed by atoms with E-state index in [0.29, 0.717) is 6.42 Å². The second kappa shape index (κ2) is 5.87. The third-order valence-corrected chi connectivity index (χ3v) is 2.04. The van der Waals surface area contributed by atoms with Crippen LogP contribution in [-0.4, -0.2) is 4.83 Å². The van der Waals surface area contributed by atoms with Crippen molar-refractivity contribution in [1.82, 2.24) is 0 Å². The molecule has 0 fully saturated rings. The Morgan fingerprint density at radius 2 is 1.87 bits per heavy atom. The molecule has 0 heterocycles. The van der Waals surface area contributed by atoms with E-state index in [1.807, 2.05) is 36.3 Å². The van der Waals surface area contributed by atoms with Gasteiger partial charge in [-0.2, -0.15) is 8.78 Å². The van der Waals surface area contributed by atoms with Gasteiger partial charge in [0.2, 0.25) is 0 Å². The fourth-order valence-electron chi connectivity index (χ4n) is 1.19. The molecule has 3 heteroatoms. The predicted molar refractivity (Wildman–Crippen MR) is 61.0 cm³/mol. The summed E-state index contributed by atoms with van der Waals surface area (Å²) in [5.41, 5.74) is 1.21. The van der Waals surface area contributed by atoms with Crippen molar-refractivity contribution in [2.75, 3.05) is 0 Å². The van der Waals surface area contributed by atoms with E-state index in [4.69, 9.17) is 0 Å². The van der Waals surface area contributed by atoms with Crippen LogP contribution in [0.15, 0.2) is 30.3 Å². The highest BCUT2D eigenvalue weighted by Gasteiger charge is 2.18. The first kappa shape index (κ1) is 12.2. The van der Waals surface area contributed by atoms with Crippen molar-refractivity contribution in [3.05, 3.63) is 35.9 Å². The van der Waals surface area contributed by atoms with Crippen LogP contribution in [0.25, 0.3) is 0 Å². The minimum atomic E-state index is -3.04. The van der Waals surface area contributed by atoms with Crippen LogP contribution < -0.4 is 0 Å². The van der Waals surface area contributed by atoms with Gasteiger partial charge in [-0.05, 0) is 24.3 Å². The number of aryl methyl sites for hydroxylation is 1. The summed E-state index contributed by atoms with van der Waals surface area (Å²) in [6, 6.07) is 9.93. The predicted octanol–water partition coefficient (Wildman–Crippen LogP) is 4.00. The molecular formula is C12H11BrF2. The first-order valence-electron chi connectivity index (χ1n) is 4.68. The topological polar surface area (TPSA) is 0 Å². The van der Waals surface area contributed by atoms with Gasteiger partial charge in [0, 0.05) is 22.4 Å². The van der Waals surface area contributed by atoms with Crippen LogP contribution in [0.4, 0.5) is 8.78 Å². The number of unbranched alkanes of at least 4 members (excludes halogenated alkanes) is 1. The largest absolute Gasteiger partial charge is 0.363 e. The highest BCUT2D eigenvalue weighted by molar-refractivity contribution is 9.10. The SMILES string of the molecule is FC(F)(Br)C#CCCCc1ccccc1. The first-order chi connectivity index (χ1) is 7.08. The minimum Gasteiger partial charge on any atom is -0.180 e. The molecule has 1 aromatic rings. The lowest BCUT2D eigenvalue weighted by atomic mass is 10.1. The van der Waals surface area contributed by atoms with Gasteiger partial charge in [0.25, 0.3) is 0 Å². The number of rotatable bonds is 3. The molecule has 0 N–H and O–H groups in total. The summed E-state index contributed by atoms with van der Waals surface area (Å²) in [5.74, 6) is 4.29. The zero-order chi connectivity index (χ0) is 11.1. The molecule has 1 aromatic carbocycles. The summed E-state index contributed by atoms with van der Waals surface area (Å²) in [6.07, 6.45) is 2.18. The Balaban J connectivity index is 2.25. The van der Waals surface area contributed by atoms with Crippen molar-refractivity contribution in [2.24, 2.45) is 0 Å². The second-order valence-electron chi connectivity index (χ2n) is 3.14. The summed E-state index contributed by atoms with van der Waals surface area (Å²) < 4.78 is 24.4. The molecule has 0 aliphatic heterocycles. The van der Waals surface area contributed by atoms with Gasteiger partial charge >= 0.3 is 4.83 Å². The second-order valence-corrected chi connectivity index (χ2v) is 4.13. The fraction of sp³-hybridized carbons (Fsp3) is 0.333. The van der Waals surface area contributed by atoms with Crippen LogP contribution in [0.3, 0.4) is 0 Å². The van der Waals surface area contributed by atoms with Crippen molar-refractivity contribution in [1.29, 1.82) is 0 Å². The Morgan fingerprint density at radius 1 is 1.20 bits per heavy atom. The molecule has 0 spiro atoms. The van der Waals surface area contributed by atoms with Gasteiger partial charge in [-0.25, -0.2) is 0 Å². The van der Waals surface area contributed by atoms with Gasteiger partial charge in [-0.15, -0.1) is 0 Å². The Labute approximate surface area is 96.8 Å². The number of hydrogen-bond acceptors (Lipinski definition) is 0. The van der Waals surface area contributed by atoms with E-state index in [1.165, 1.54) is 5.56 Å². The average molecular weight is 273 g/mol. The first-order valence-corrected chi connectivity index (χ1v) is 5.48. The molecule has 0 unspecified atom stereocenters. The molecule has 0 saturated carbocycles. The third-order valence-electron chi connectivity index (χ3n) is 1.84. The standard InChI is InChI=1S/C12H11BrF2/c13-12(14,15)10-6-2-5-9-11-7-3-1-4-8-11/h1,3-4,7-8H,2,5,9H2. The van der Waals surface area contributed by atoms with E-state index >= 15 is 0 Å². The lowest BCUT2D eigenvalue weighted by Gasteiger charge is -1.97. The summed E-state index contributed by atoms with van der Waals surface area (Å²) in [4.78, 5) is -3.04. The monoisotopic (exact) mass is 272 g/mol. The van der Waals surface area contributed by atoms with Gasteiger partial charge in [0.1, 0.15) is 0 Å². The van der Waals surface area contributed by atoms with Gasteiger partial charge in [0.15, 0.2) is 0 Å². The molecule has 0 aliphatic carbocycles. The van der Waals surface area contributed by atoms with Gasteiger partial charge in [0.05, 0.1) is 0 Å². The summed E-state index contributed by atoms with van der Waals surface area (Å²) in [5, 5.41) is 0. The maximum atomic E-state index is 12.2. The van der Waals surface area contributed by atoms with E-state index in [-0.39, 0.29) is 0 Å². The van der Waals surface area contributed by atoms with Crippen LogP contribution in [0, 0.1) is 11.8 Å². The number of hydrogen-bond donors (Lipinski definition) is 0. The molecule has 1 rings (SSSR count). The summed E-state index contributed by atoms with van der Waals surface area (Å²) in [6.45, 7) is 0. The summed E-state index contributed by atoms with van der Waals surface area (Å²) in [7, 11) is 0. The van der Waals surface area contributed by atoms with E-state index in [0.717, 1.165) is 12.8 Å².